The van der Waals surface area contributed by atoms with Crippen LogP contribution in [0.25, 0.3) is 11.1 Å². The molecular formula is C23H24N2O. The first-order valence-corrected chi connectivity index (χ1v) is 9.06. The van der Waals surface area contributed by atoms with E-state index in [1.807, 2.05) is 49.5 Å². The van der Waals surface area contributed by atoms with Gasteiger partial charge < -0.3 is 5.32 Å². The minimum absolute atomic E-state index is 0.0177. The summed E-state index contributed by atoms with van der Waals surface area (Å²) in [5, 5.41) is 3.11. The zero-order chi connectivity index (χ0) is 18.2. The topological polar surface area (TPSA) is 42.0 Å². The number of pyridine rings is 1. The van der Waals surface area contributed by atoms with Gasteiger partial charge in [-0.3, -0.25) is 9.78 Å². The molecule has 0 radical (unpaired) electrons. The number of hydrogen-bond donors (Lipinski definition) is 1. The Hall–Kier alpha value is -2.94. The van der Waals surface area contributed by atoms with Gasteiger partial charge in [-0.2, -0.15) is 0 Å². The summed E-state index contributed by atoms with van der Waals surface area (Å²) in [6, 6.07) is 22.5. The molecule has 3 heteroatoms. The summed E-state index contributed by atoms with van der Waals surface area (Å²) < 4.78 is 0. The predicted molar refractivity (Wildman–Crippen MR) is 106 cm³/mol. The second-order valence-corrected chi connectivity index (χ2v) is 6.50. The van der Waals surface area contributed by atoms with Gasteiger partial charge in [0.2, 0.25) is 5.91 Å². The van der Waals surface area contributed by atoms with Gasteiger partial charge in [0, 0.05) is 18.8 Å². The molecule has 0 aliphatic rings. The van der Waals surface area contributed by atoms with Crippen LogP contribution in [0.1, 0.15) is 36.9 Å². The Bertz CT molecular complexity index is 831. The van der Waals surface area contributed by atoms with Crippen molar-refractivity contribution in [1.82, 2.24) is 10.3 Å². The molecular weight excluding hydrogens is 320 g/mol. The molecule has 2 aromatic carbocycles. The molecule has 26 heavy (non-hydrogen) atoms. The van der Waals surface area contributed by atoms with E-state index in [1.165, 1.54) is 5.56 Å². The Balaban J connectivity index is 1.54. The molecule has 0 spiro atoms. The lowest BCUT2D eigenvalue weighted by molar-refractivity contribution is -0.121. The fourth-order valence-corrected chi connectivity index (χ4v) is 3.02. The number of rotatable bonds is 7. The Morgan fingerprint density at radius 3 is 2.58 bits per heavy atom. The fourth-order valence-electron chi connectivity index (χ4n) is 3.02. The van der Waals surface area contributed by atoms with Crippen LogP contribution in [0.4, 0.5) is 0 Å². The van der Waals surface area contributed by atoms with Gasteiger partial charge in [0.05, 0.1) is 6.04 Å². The minimum Gasteiger partial charge on any atom is -0.350 e. The van der Waals surface area contributed by atoms with E-state index in [0.717, 1.165) is 29.5 Å². The van der Waals surface area contributed by atoms with Gasteiger partial charge in [-0.1, -0.05) is 54.6 Å². The lowest BCUT2D eigenvalue weighted by Crippen LogP contribution is -2.26. The lowest BCUT2D eigenvalue weighted by atomic mass is 10.0. The molecule has 0 bridgehead atoms. The van der Waals surface area contributed by atoms with Crippen molar-refractivity contribution in [3.05, 3.63) is 90.3 Å². The van der Waals surface area contributed by atoms with Crippen LogP contribution >= 0.6 is 0 Å². The average molecular weight is 344 g/mol. The maximum Gasteiger partial charge on any atom is 0.220 e. The van der Waals surface area contributed by atoms with E-state index in [9.17, 15) is 4.79 Å². The minimum atomic E-state index is -0.0177. The van der Waals surface area contributed by atoms with Crippen LogP contribution in [-0.4, -0.2) is 10.9 Å². The smallest absolute Gasteiger partial charge is 0.220 e. The van der Waals surface area contributed by atoms with Crippen molar-refractivity contribution in [2.45, 2.75) is 32.2 Å². The van der Waals surface area contributed by atoms with E-state index < -0.39 is 0 Å². The van der Waals surface area contributed by atoms with E-state index in [4.69, 9.17) is 0 Å². The maximum absolute atomic E-state index is 12.3. The third-order valence-corrected chi connectivity index (χ3v) is 4.47. The van der Waals surface area contributed by atoms with Gasteiger partial charge in [-0.15, -0.1) is 0 Å². The van der Waals surface area contributed by atoms with E-state index in [1.54, 1.807) is 6.20 Å². The standard InChI is InChI=1S/C23H24N2O/c1-18(25-23(26)14-5-10-19-8-3-2-4-9-19)20-11-6-12-21(16-20)22-13-7-15-24-17-22/h2-4,6-9,11-13,15-18H,5,10,14H2,1H3,(H,25,26)/t18-/m0/s1. The molecule has 3 nitrogen and oxygen atoms in total. The third-order valence-electron chi connectivity index (χ3n) is 4.47. The Labute approximate surface area is 155 Å². The zero-order valence-electron chi connectivity index (χ0n) is 15.1. The number of amides is 1. The molecule has 132 valence electrons. The molecule has 0 aliphatic carbocycles. The second kappa shape index (κ2) is 8.95. The Morgan fingerprint density at radius 1 is 1.00 bits per heavy atom. The first kappa shape index (κ1) is 17.9. The SMILES string of the molecule is C[C@H](NC(=O)CCCc1ccccc1)c1cccc(-c2cccnc2)c1. The average Bonchev–Trinajstić information content (AvgIpc) is 2.69. The van der Waals surface area contributed by atoms with E-state index >= 15 is 0 Å². The van der Waals surface area contributed by atoms with Crippen molar-refractivity contribution in [3.63, 3.8) is 0 Å². The monoisotopic (exact) mass is 344 g/mol. The first-order valence-electron chi connectivity index (χ1n) is 9.06. The predicted octanol–water partition coefficient (Wildman–Crippen LogP) is 4.95. The highest BCUT2D eigenvalue weighted by Gasteiger charge is 2.10. The van der Waals surface area contributed by atoms with Gasteiger partial charge in [0.25, 0.3) is 0 Å². The highest BCUT2D eigenvalue weighted by molar-refractivity contribution is 5.76. The summed E-state index contributed by atoms with van der Waals surface area (Å²) in [5.41, 5.74) is 4.57. The van der Waals surface area contributed by atoms with Crippen LogP contribution in [-0.2, 0) is 11.2 Å². The first-order chi connectivity index (χ1) is 12.7. The molecule has 0 saturated heterocycles. The van der Waals surface area contributed by atoms with E-state index in [2.05, 4.69) is 40.6 Å². The molecule has 0 aliphatic heterocycles. The number of benzene rings is 2. The molecule has 1 atom stereocenters. The number of nitrogens with one attached hydrogen (secondary N) is 1. The number of carbonyl (C=O) groups is 1. The van der Waals surface area contributed by atoms with E-state index in [-0.39, 0.29) is 11.9 Å². The van der Waals surface area contributed by atoms with Crippen LogP contribution in [0.5, 0.6) is 0 Å². The van der Waals surface area contributed by atoms with Crippen LogP contribution in [0.2, 0.25) is 0 Å². The number of aromatic nitrogens is 1. The van der Waals surface area contributed by atoms with Crippen molar-refractivity contribution in [2.24, 2.45) is 0 Å². The summed E-state index contributed by atoms with van der Waals surface area (Å²) >= 11 is 0. The molecule has 3 rings (SSSR count). The fraction of sp³-hybridized carbons (Fsp3) is 0.217. The van der Waals surface area contributed by atoms with Crippen molar-refractivity contribution in [2.75, 3.05) is 0 Å². The Kier molecular flexibility index (Phi) is 6.15. The third kappa shape index (κ3) is 5.03. The van der Waals surface area contributed by atoms with Gasteiger partial charge in [0.15, 0.2) is 0 Å². The summed E-state index contributed by atoms with van der Waals surface area (Å²) in [4.78, 5) is 16.4. The zero-order valence-corrected chi connectivity index (χ0v) is 15.1. The van der Waals surface area contributed by atoms with Crippen molar-refractivity contribution < 1.29 is 4.79 Å². The molecule has 0 saturated carbocycles. The van der Waals surface area contributed by atoms with Gasteiger partial charge in [-0.05, 0) is 54.2 Å². The molecule has 1 N–H and O–H groups in total. The number of aryl methyl sites for hydroxylation is 1. The summed E-state index contributed by atoms with van der Waals surface area (Å²) in [6.45, 7) is 2.03. The molecule has 0 unspecified atom stereocenters. The van der Waals surface area contributed by atoms with E-state index in [0.29, 0.717) is 6.42 Å². The number of nitrogens with zero attached hydrogens (tertiary/aromatic N) is 1. The maximum atomic E-state index is 12.3. The van der Waals surface area contributed by atoms with Crippen LogP contribution < -0.4 is 5.32 Å². The largest absolute Gasteiger partial charge is 0.350 e. The highest BCUT2D eigenvalue weighted by atomic mass is 16.1. The van der Waals surface area contributed by atoms with Gasteiger partial charge in [0.1, 0.15) is 0 Å². The van der Waals surface area contributed by atoms with Crippen LogP contribution in [0.3, 0.4) is 0 Å². The molecule has 3 aromatic rings. The van der Waals surface area contributed by atoms with Gasteiger partial charge >= 0.3 is 0 Å². The Morgan fingerprint density at radius 2 is 1.81 bits per heavy atom. The number of hydrogen-bond acceptors (Lipinski definition) is 2. The normalized spacial score (nSPS) is 11.7. The van der Waals surface area contributed by atoms with Gasteiger partial charge in [-0.25, -0.2) is 0 Å². The van der Waals surface area contributed by atoms with Crippen LogP contribution in [0.15, 0.2) is 79.1 Å². The lowest BCUT2D eigenvalue weighted by Gasteiger charge is -2.15. The molecule has 0 fully saturated rings. The summed E-state index contributed by atoms with van der Waals surface area (Å²) in [7, 11) is 0. The molecule has 1 heterocycles. The van der Waals surface area contributed by atoms with Crippen molar-refractivity contribution in [3.8, 4) is 11.1 Å². The number of carbonyl (C=O) groups excluding carboxylic acids is 1. The highest BCUT2D eigenvalue weighted by Crippen LogP contribution is 2.22. The molecule has 1 aromatic heterocycles. The van der Waals surface area contributed by atoms with Crippen molar-refractivity contribution >= 4 is 5.91 Å². The second-order valence-electron chi connectivity index (χ2n) is 6.50. The van der Waals surface area contributed by atoms with Crippen molar-refractivity contribution in [1.29, 1.82) is 0 Å². The summed E-state index contributed by atoms with van der Waals surface area (Å²) in [6.07, 6.45) is 5.95. The van der Waals surface area contributed by atoms with Crippen LogP contribution in [0, 0.1) is 0 Å². The molecule has 1 amide bonds. The summed E-state index contributed by atoms with van der Waals surface area (Å²) in [5.74, 6) is 0.0974. The quantitative estimate of drug-likeness (QED) is 0.659.